The molecule has 0 aromatic rings. The highest BCUT2D eigenvalue weighted by molar-refractivity contribution is 7.47. The maximum absolute atomic E-state index is 12.8. The quantitative estimate of drug-likeness (QED) is 0.0154. The van der Waals surface area contributed by atoms with Gasteiger partial charge in [-0.2, -0.15) is 0 Å². The molecule has 1 rings (SSSR count). The van der Waals surface area contributed by atoms with Crippen LogP contribution in [0.15, 0.2) is 12.2 Å². The van der Waals surface area contributed by atoms with E-state index in [1.165, 1.54) is 89.9 Å². The van der Waals surface area contributed by atoms with Crippen LogP contribution in [0.2, 0.25) is 0 Å². The topological polar surface area (TPSA) is 210 Å². The zero-order valence-electron chi connectivity index (χ0n) is 34.7. The lowest BCUT2D eigenvalue weighted by atomic mass is 9.85. The molecule has 8 atom stereocenters. The number of rotatable bonds is 36. The summed E-state index contributed by atoms with van der Waals surface area (Å²) in [6.07, 6.45) is 19.9. The van der Waals surface area contributed by atoms with Crippen molar-refractivity contribution >= 4 is 19.8 Å². The molecule has 56 heavy (non-hydrogen) atoms. The molecule has 1 aliphatic carbocycles. The van der Waals surface area contributed by atoms with E-state index in [0.29, 0.717) is 12.8 Å². The van der Waals surface area contributed by atoms with E-state index in [0.717, 1.165) is 57.8 Å². The number of hydrogen-bond acceptors (Lipinski definition) is 12. The van der Waals surface area contributed by atoms with E-state index in [4.69, 9.17) is 18.5 Å². The van der Waals surface area contributed by atoms with E-state index in [1.807, 2.05) is 0 Å². The van der Waals surface area contributed by atoms with Crippen molar-refractivity contribution in [2.45, 2.75) is 230 Å². The second kappa shape index (κ2) is 33.4. The molecule has 0 amide bonds. The third-order valence-corrected chi connectivity index (χ3v) is 11.3. The van der Waals surface area contributed by atoms with E-state index in [2.05, 4.69) is 26.0 Å². The van der Waals surface area contributed by atoms with Gasteiger partial charge in [-0.15, -0.1) is 0 Å². The second-order valence-corrected chi connectivity index (χ2v) is 17.0. The third kappa shape index (κ3) is 25.8. The third-order valence-electron chi connectivity index (χ3n) is 10.4. The molecule has 1 aliphatic rings. The number of carbonyl (C=O) groups is 2. The molecule has 0 radical (unpaired) electrons. The van der Waals surface area contributed by atoms with Gasteiger partial charge < -0.3 is 39.9 Å². The van der Waals surface area contributed by atoms with Crippen LogP contribution >= 0.6 is 7.82 Å². The molecule has 0 aromatic carbocycles. The molecule has 1 fully saturated rings. The van der Waals surface area contributed by atoms with E-state index >= 15 is 0 Å². The van der Waals surface area contributed by atoms with Gasteiger partial charge in [-0.1, -0.05) is 148 Å². The molecule has 0 heterocycles. The molecule has 0 aliphatic heterocycles. The maximum Gasteiger partial charge on any atom is 0.472 e. The number of aliphatic hydroxyl groups is 5. The second-order valence-electron chi connectivity index (χ2n) is 15.6. The van der Waals surface area contributed by atoms with Crippen LogP contribution in [0.5, 0.6) is 0 Å². The SMILES string of the molecule is CCCCCC/C=C\CCCCCCCC(=O)O[C@H](COC(=O)CCCCCCCCCCCCCCCC)COP(=O)(O)OC1C(O)C(O)C(O)[C@@H](O)C1O. The lowest BCUT2D eigenvalue weighted by Crippen LogP contribution is -2.64. The van der Waals surface area contributed by atoms with Crippen molar-refractivity contribution in [2.75, 3.05) is 13.2 Å². The Bertz CT molecular complexity index is 1040. The lowest BCUT2D eigenvalue weighted by molar-refractivity contribution is -0.220. The minimum absolute atomic E-state index is 0.0903. The summed E-state index contributed by atoms with van der Waals surface area (Å²) in [4.78, 5) is 35.6. The minimum atomic E-state index is -5.11. The molecule has 0 spiro atoms. The number of carbonyl (C=O) groups excluding carboxylic acids is 2. The Morgan fingerprint density at radius 1 is 0.536 bits per heavy atom. The Morgan fingerprint density at radius 3 is 1.38 bits per heavy atom. The Hall–Kier alpha value is -1.41. The van der Waals surface area contributed by atoms with E-state index in [-0.39, 0.29) is 12.8 Å². The van der Waals surface area contributed by atoms with Crippen molar-refractivity contribution in [1.29, 1.82) is 0 Å². The highest BCUT2D eigenvalue weighted by atomic mass is 31.2. The first-order valence-electron chi connectivity index (χ1n) is 22.0. The van der Waals surface area contributed by atoms with Gasteiger partial charge in [-0.05, 0) is 38.5 Å². The van der Waals surface area contributed by atoms with Gasteiger partial charge in [-0.25, -0.2) is 4.57 Å². The van der Waals surface area contributed by atoms with Gasteiger partial charge in [0.15, 0.2) is 6.10 Å². The largest absolute Gasteiger partial charge is 0.472 e. The molecule has 1 saturated carbocycles. The summed E-state index contributed by atoms with van der Waals surface area (Å²) in [6.45, 7) is 3.27. The Labute approximate surface area is 337 Å². The Kier molecular flexibility index (Phi) is 31.4. The van der Waals surface area contributed by atoms with E-state index < -0.39 is 75.7 Å². The van der Waals surface area contributed by atoms with Crippen molar-refractivity contribution in [2.24, 2.45) is 0 Å². The highest BCUT2D eigenvalue weighted by Crippen LogP contribution is 2.47. The van der Waals surface area contributed by atoms with Crippen molar-refractivity contribution in [1.82, 2.24) is 0 Å². The molecular formula is C42H79O13P. The lowest BCUT2D eigenvalue weighted by Gasteiger charge is -2.41. The minimum Gasteiger partial charge on any atom is -0.462 e. The summed E-state index contributed by atoms with van der Waals surface area (Å²) < 4.78 is 33.4. The van der Waals surface area contributed by atoms with Crippen LogP contribution in [-0.2, 0) is 32.7 Å². The van der Waals surface area contributed by atoms with Gasteiger partial charge in [0, 0.05) is 12.8 Å². The standard InChI is InChI=1S/C42H79O13P/c1-3-5-7-9-11-13-15-17-19-20-22-24-26-28-30-35(43)52-32-34(33-53-56(50,51)55-42-40(48)38(46)37(45)39(47)41(42)49)54-36(44)31-29-27-25-23-21-18-16-14-12-10-8-6-4-2/h14,16,34,37-42,45-49H,3-13,15,17-33H2,1-2H3,(H,50,51)/b16-14-/t34-,37?,38-,39?,40?,41?,42?/m1/s1. The number of phosphoric ester groups is 1. The zero-order chi connectivity index (χ0) is 41.4. The Balaban J connectivity index is 2.48. The number of aliphatic hydroxyl groups excluding tert-OH is 5. The predicted octanol–water partition coefficient (Wildman–Crippen LogP) is 7.89. The van der Waals surface area contributed by atoms with Gasteiger partial charge in [0.2, 0.25) is 0 Å². The summed E-state index contributed by atoms with van der Waals surface area (Å²) in [5.74, 6) is -1.10. The summed E-state index contributed by atoms with van der Waals surface area (Å²) in [6, 6.07) is 0. The first kappa shape index (κ1) is 52.6. The number of allylic oxidation sites excluding steroid dienone is 2. The smallest absolute Gasteiger partial charge is 0.462 e. The predicted molar refractivity (Wildman–Crippen MR) is 217 cm³/mol. The van der Waals surface area contributed by atoms with Gasteiger partial charge >= 0.3 is 19.8 Å². The summed E-state index contributed by atoms with van der Waals surface area (Å²) >= 11 is 0. The number of esters is 2. The van der Waals surface area contributed by atoms with Crippen LogP contribution in [0.1, 0.15) is 187 Å². The first-order valence-corrected chi connectivity index (χ1v) is 23.5. The molecule has 0 saturated heterocycles. The van der Waals surface area contributed by atoms with Crippen molar-refractivity contribution < 1.29 is 63.1 Å². The first-order chi connectivity index (χ1) is 26.9. The molecule has 6 N–H and O–H groups in total. The monoisotopic (exact) mass is 823 g/mol. The number of unbranched alkanes of at least 4 members (excludes halogenated alkanes) is 22. The normalized spacial score (nSPS) is 22.9. The van der Waals surface area contributed by atoms with Crippen LogP contribution in [0.3, 0.4) is 0 Å². The fraction of sp³-hybridized carbons (Fsp3) is 0.905. The number of phosphoric acid groups is 1. The molecule has 0 aromatic heterocycles. The summed E-state index contributed by atoms with van der Waals surface area (Å²) in [5, 5.41) is 50.0. The van der Waals surface area contributed by atoms with E-state index in [1.54, 1.807) is 0 Å². The average molecular weight is 823 g/mol. The van der Waals surface area contributed by atoms with E-state index in [9.17, 15) is 44.6 Å². The van der Waals surface area contributed by atoms with Crippen LogP contribution in [0.4, 0.5) is 0 Å². The van der Waals surface area contributed by atoms with Crippen LogP contribution in [0, 0.1) is 0 Å². The fourth-order valence-electron chi connectivity index (χ4n) is 6.75. The van der Waals surface area contributed by atoms with Gasteiger partial charge in [-0.3, -0.25) is 18.6 Å². The maximum atomic E-state index is 12.8. The molecule has 14 heteroatoms. The summed E-state index contributed by atoms with van der Waals surface area (Å²) in [7, 11) is -5.11. The average Bonchev–Trinajstić information content (AvgIpc) is 3.18. The molecular weight excluding hydrogens is 743 g/mol. The molecule has 0 bridgehead atoms. The van der Waals surface area contributed by atoms with Gasteiger partial charge in [0.25, 0.3) is 0 Å². The molecule has 13 nitrogen and oxygen atoms in total. The highest BCUT2D eigenvalue weighted by Gasteiger charge is 2.51. The fourth-order valence-corrected chi connectivity index (χ4v) is 7.73. The van der Waals surface area contributed by atoms with Crippen molar-refractivity contribution in [3.63, 3.8) is 0 Å². The van der Waals surface area contributed by atoms with Crippen molar-refractivity contribution in [3.05, 3.63) is 12.2 Å². The Morgan fingerprint density at radius 2 is 0.911 bits per heavy atom. The summed E-state index contributed by atoms with van der Waals surface area (Å²) in [5.41, 5.74) is 0. The van der Waals surface area contributed by atoms with Crippen molar-refractivity contribution in [3.8, 4) is 0 Å². The van der Waals surface area contributed by atoms with Gasteiger partial charge in [0.1, 0.15) is 43.2 Å². The van der Waals surface area contributed by atoms with Crippen LogP contribution < -0.4 is 0 Å². The number of ether oxygens (including phenoxy) is 2. The van der Waals surface area contributed by atoms with Crippen LogP contribution in [-0.4, -0.2) is 98.3 Å². The van der Waals surface area contributed by atoms with Gasteiger partial charge in [0.05, 0.1) is 6.61 Å². The molecule has 330 valence electrons. The molecule has 6 unspecified atom stereocenters. The number of hydrogen-bond donors (Lipinski definition) is 6. The van der Waals surface area contributed by atoms with Crippen LogP contribution in [0.25, 0.3) is 0 Å². The zero-order valence-corrected chi connectivity index (χ0v) is 35.6.